The van der Waals surface area contributed by atoms with Gasteiger partial charge in [-0.1, -0.05) is 24.3 Å². The first-order chi connectivity index (χ1) is 12.7. The molecule has 1 aliphatic rings. The van der Waals surface area contributed by atoms with Gasteiger partial charge in [-0.25, -0.2) is 0 Å². The number of rotatable bonds is 5. The minimum absolute atomic E-state index is 0. The Hall–Kier alpha value is -1.96. The fraction of sp³-hybridized carbons (Fsp3) is 0.381. The monoisotopic (exact) mass is 480 g/mol. The van der Waals surface area contributed by atoms with Crippen LogP contribution in [0.1, 0.15) is 23.1 Å². The van der Waals surface area contributed by atoms with Gasteiger partial charge in [-0.3, -0.25) is 4.99 Å². The van der Waals surface area contributed by atoms with Crippen LogP contribution in [-0.2, 0) is 19.5 Å². The fourth-order valence-corrected chi connectivity index (χ4v) is 3.28. The Kier molecular flexibility index (Phi) is 8.22. The summed E-state index contributed by atoms with van der Waals surface area (Å²) < 4.78 is 5.19. The standard InChI is InChI=1S/C21H28N4O.HI/c1-22-21(23-14-16-6-9-19(26-3)10-7-16)24-15-17-8-11-20-18(13-17)5-4-12-25(20)2;/h6-11,13H,4-5,12,14-15H2,1-3H3,(H2,22,23,24);1H. The summed E-state index contributed by atoms with van der Waals surface area (Å²) in [6, 6.07) is 14.8. The maximum Gasteiger partial charge on any atom is 0.191 e. The van der Waals surface area contributed by atoms with Crippen molar-refractivity contribution >= 4 is 35.6 Å². The van der Waals surface area contributed by atoms with Crippen molar-refractivity contribution in [3.8, 4) is 5.75 Å². The highest BCUT2D eigenvalue weighted by Gasteiger charge is 2.13. The van der Waals surface area contributed by atoms with E-state index in [-0.39, 0.29) is 24.0 Å². The number of methoxy groups -OCH3 is 1. The molecular formula is C21H29IN4O. The van der Waals surface area contributed by atoms with Crippen LogP contribution < -0.4 is 20.3 Å². The number of anilines is 1. The molecule has 1 heterocycles. The van der Waals surface area contributed by atoms with E-state index in [2.05, 4.69) is 57.9 Å². The molecule has 0 aromatic heterocycles. The highest BCUT2D eigenvalue weighted by molar-refractivity contribution is 14.0. The Bertz CT molecular complexity index is 761. The average molecular weight is 480 g/mol. The van der Waals surface area contributed by atoms with E-state index in [1.807, 2.05) is 12.1 Å². The first-order valence-corrected chi connectivity index (χ1v) is 9.10. The molecule has 2 aromatic rings. The Morgan fingerprint density at radius 3 is 2.41 bits per heavy atom. The second-order valence-electron chi connectivity index (χ2n) is 6.62. The molecule has 0 fully saturated rings. The number of hydrogen-bond donors (Lipinski definition) is 2. The Morgan fingerprint density at radius 2 is 1.74 bits per heavy atom. The largest absolute Gasteiger partial charge is 0.497 e. The van der Waals surface area contributed by atoms with E-state index < -0.39 is 0 Å². The summed E-state index contributed by atoms with van der Waals surface area (Å²) in [5, 5.41) is 6.75. The first-order valence-electron chi connectivity index (χ1n) is 9.10. The molecule has 0 saturated heterocycles. The van der Waals surface area contributed by atoms with E-state index in [0.717, 1.165) is 37.8 Å². The molecule has 5 nitrogen and oxygen atoms in total. The zero-order valence-corrected chi connectivity index (χ0v) is 18.6. The van der Waals surface area contributed by atoms with E-state index in [9.17, 15) is 0 Å². The second kappa shape index (κ2) is 10.4. The number of benzene rings is 2. The molecule has 0 amide bonds. The Labute approximate surface area is 179 Å². The molecule has 0 spiro atoms. The smallest absolute Gasteiger partial charge is 0.191 e. The van der Waals surface area contributed by atoms with Crippen LogP contribution in [0.25, 0.3) is 0 Å². The third-order valence-electron chi connectivity index (χ3n) is 4.80. The van der Waals surface area contributed by atoms with Gasteiger partial charge in [-0.15, -0.1) is 24.0 Å². The van der Waals surface area contributed by atoms with Gasteiger partial charge in [0.2, 0.25) is 0 Å². The van der Waals surface area contributed by atoms with Gasteiger partial charge in [0.05, 0.1) is 7.11 Å². The van der Waals surface area contributed by atoms with Crippen molar-refractivity contribution in [1.29, 1.82) is 0 Å². The van der Waals surface area contributed by atoms with Crippen LogP contribution in [0.2, 0.25) is 0 Å². The number of halogens is 1. The van der Waals surface area contributed by atoms with Crippen LogP contribution in [0.4, 0.5) is 5.69 Å². The molecule has 3 rings (SSSR count). The van der Waals surface area contributed by atoms with E-state index in [1.165, 1.54) is 28.8 Å². The lowest BCUT2D eigenvalue weighted by Gasteiger charge is -2.28. The predicted octanol–water partition coefficient (Wildman–Crippen LogP) is 3.56. The highest BCUT2D eigenvalue weighted by Crippen LogP contribution is 2.26. The highest BCUT2D eigenvalue weighted by atomic mass is 127. The lowest BCUT2D eigenvalue weighted by atomic mass is 9.99. The lowest BCUT2D eigenvalue weighted by molar-refractivity contribution is 0.414. The summed E-state index contributed by atoms with van der Waals surface area (Å²) in [5.74, 6) is 1.67. The molecule has 0 bridgehead atoms. The van der Waals surface area contributed by atoms with E-state index in [1.54, 1.807) is 14.2 Å². The maximum absolute atomic E-state index is 5.19. The van der Waals surface area contributed by atoms with Crippen molar-refractivity contribution in [3.63, 3.8) is 0 Å². The summed E-state index contributed by atoms with van der Waals surface area (Å²) in [5.41, 5.74) is 5.28. The van der Waals surface area contributed by atoms with Crippen molar-refractivity contribution < 1.29 is 4.74 Å². The zero-order valence-electron chi connectivity index (χ0n) is 16.3. The molecule has 0 unspecified atom stereocenters. The van der Waals surface area contributed by atoms with Crippen LogP contribution in [0, 0.1) is 0 Å². The van der Waals surface area contributed by atoms with Gasteiger partial charge >= 0.3 is 0 Å². The minimum atomic E-state index is 0. The number of guanidine groups is 1. The summed E-state index contributed by atoms with van der Waals surface area (Å²) in [6.45, 7) is 2.63. The molecule has 1 aliphatic heterocycles. The number of aryl methyl sites for hydroxylation is 1. The quantitative estimate of drug-likeness (QED) is 0.391. The summed E-state index contributed by atoms with van der Waals surface area (Å²) in [4.78, 5) is 6.65. The third kappa shape index (κ3) is 5.76. The Balaban J connectivity index is 0.00000261. The van der Waals surface area contributed by atoms with Crippen molar-refractivity contribution in [2.24, 2.45) is 4.99 Å². The van der Waals surface area contributed by atoms with Gasteiger partial charge in [0, 0.05) is 39.4 Å². The number of nitrogens with zero attached hydrogens (tertiary/aromatic N) is 2. The normalized spacial score (nSPS) is 13.4. The minimum Gasteiger partial charge on any atom is -0.497 e. The number of nitrogens with one attached hydrogen (secondary N) is 2. The molecule has 2 N–H and O–H groups in total. The van der Waals surface area contributed by atoms with Gasteiger partial charge in [0.1, 0.15) is 5.75 Å². The molecule has 0 saturated carbocycles. The molecule has 2 aromatic carbocycles. The number of aliphatic imine (C=N–C) groups is 1. The summed E-state index contributed by atoms with van der Waals surface area (Å²) in [7, 11) is 5.64. The molecule has 0 aliphatic carbocycles. The molecule has 6 heteroatoms. The van der Waals surface area contributed by atoms with Gasteiger partial charge in [0.15, 0.2) is 5.96 Å². The summed E-state index contributed by atoms with van der Waals surface area (Å²) in [6.07, 6.45) is 2.39. The van der Waals surface area contributed by atoms with Crippen molar-refractivity contribution in [2.45, 2.75) is 25.9 Å². The number of hydrogen-bond acceptors (Lipinski definition) is 3. The van der Waals surface area contributed by atoms with Crippen LogP contribution in [-0.4, -0.2) is 33.7 Å². The maximum atomic E-state index is 5.19. The second-order valence-corrected chi connectivity index (χ2v) is 6.62. The van der Waals surface area contributed by atoms with Crippen LogP contribution in [0.15, 0.2) is 47.5 Å². The van der Waals surface area contributed by atoms with Crippen LogP contribution in [0.3, 0.4) is 0 Å². The lowest BCUT2D eigenvalue weighted by Crippen LogP contribution is -2.36. The molecular weight excluding hydrogens is 451 g/mol. The molecule has 0 radical (unpaired) electrons. The Morgan fingerprint density at radius 1 is 1.07 bits per heavy atom. The van der Waals surface area contributed by atoms with Gasteiger partial charge < -0.3 is 20.3 Å². The van der Waals surface area contributed by atoms with Crippen molar-refractivity contribution in [3.05, 3.63) is 59.2 Å². The molecule has 146 valence electrons. The average Bonchev–Trinajstić information content (AvgIpc) is 2.68. The van der Waals surface area contributed by atoms with Gasteiger partial charge in [0.25, 0.3) is 0 Å². The molecule has 0 atom stereocenters. The zero-order chi connectivity index (χ0) is 18.4. The first kappa shape index (κ1) is 21.3. The number of fused-ring (bicyclic) bond motifs is 1. The SMILES string of the molecule is CN=C(NCc1ccc(OC)cc1)NCc1ccc2c(c1)CCCN2C.I. The van der Waals surface area contributed by atoms with Crippen molar-refractivity contribution in [1.82, 2.24) is 10.6 Å². The topological polar surface area (TPSA) is 48.9 Å². The van der Waals surface area contributed by atoms with Crippen LogP contribution in [0.5, 0.6) is 5.75 Å². The third-order valence-corrected chi connectivity index (χ3v) is 4.80. The number of ether oxygens (including phenoxy) is 1. The fourth-order valence-electron chi connectivity index (χ4n) is 3.28. The van der Waals surface area contributed by atoms with Gasteiger partial charge in [-0.2, -0.15) is 0 Å². The molecule has 27 heavy (non-hydrogen) atoms. The van der Waals surface area contributed by atoms with Crippen molar-refractivity contribution in [2.75, 3.05) is 32.6 Å². The predicted molar refractivity (Wildman–Crippen MR) is 123 cm³/mol. The van der Waals surface area contributed by atoms with E-state index in [0.29, 0.717) is 0 Å². The van der Waals surface area contributed by atoms with E-state index in [4.69, 9.17) is 4.74 Å². The summed E-state index contributed by atoms with van der Waals surface area (Å²) >= 11 is 0. The van der Waals surface area contributed by atoms with Gasteiger partial charge in [-0.05, 0) is 47.7 Å². The van der Waals surface area contributed by atoms with Crippen LogP contribution >= 0.6 is 24.0 Å². The van der Waals surface area contributed by atoms with E-state index >= 15 is 0 Å².